The fraction of sp³-hybridized carbons (Fsp3) is 0. The van der Waals surface area contributed by atoms with E-state index in [1.807, 2.05) is 0 Å². The molecule has 0 saturated heterocycles. The van der Waals surface area contributed by atoms with Crippen molar-refractivity contribution in [2.45, 2.75) is 0 Å². The van der Waals surface area contributed by atoms with Crippen molar-refractivity contribution in [1.82, 2.24) is 0 Å². The van der Waals surface area contributed by atoms with Crippen LogP contribution in [-0.4, -0.2) is 8.41 Å². The smallest absolute Gasteiger partial charge is 0 e. The lowest BCUT2D eigenvalue weighted by Crippen LogP contribution is -0.580. The van der Waals surface area contributed by atoms with Crippen LogP contribution in [0, 0.1) is 0 Å². The van der Waals surface area contributed by atoms with Crippen LogP contribution in [0.15, 0.2) is 0 Å². The van der Waals surface area contributed by atoms with Crippen molar-refractivity contribution in [2.75, 3.05) is 0 Å². The molecule has 0 spiro atoms. The van der Waals surface area contributed by atoms with Crippen LogP contribution in [0.5, 0.6) is 0 Å². The topological polar surface area (TPSA) is 0 Å². The molecule has 0 amide bonds. The summed E-state index contributed by atoms with van der Waals surface area (Å²) in [7, 11) is 0. The molecule has 3 radical (unpaired) electrons. The lowest BCUT2D eigenvalue weighted by molar-refractivity contribution is 0.108. The van der Waals surface area contributed by atoms with E-state index in [9.17, 15) is 0 Å². The quantitative estimate of drug-likeness (QED) is 0.342. The normalized spacial score (nSPS) is 1.71. The minimum Gasteiger partial charge on any atom is -0.269 e. The van der Waals surface area contributed by atoms with Crippen molar-refractivity contribution >= 4 is 8.41 Å². The Morgan fingerprint density at radius 3 is 0.571 bits per heavy atom. The first kappa shape index (κ1) is 78.3. The summed E-state index contributed by atoms with van der Waals surface area (Å²) in [5.74, 6) is 0. The van der Waals surface area contributed by atoms with Gasteiger partial charge in [0.05, 0.1) is 0 Å². The summed E-state index contributed by atoms with van der Waals surface area (Å²) in [5.41, 5.74) is 0. The second-order valence-electron chi connectivity index (χ2n) is 0. The summed E-state index contributed by atoms with van der Waals surface area (Å²) in [5, 5.41) is 0. The van der Waals surface area contributed by atoms with E-state index in [2.05, 4.69) is 0 Å². The van der Waals surface area contributed by atoms with Crippen LogP contribution < -0.4 is 0 Å². The Morgan fingerprint density at radius 1 is 0.571 bits per heavy atom. The average Bonchev–Trinajstić information content (AvgIpc) is 1.50. The summed E-state index contributed by atoms with van der Waals surface area (Å²) in [6, 6.07) is 0. The van der Waals surface area contributed by atoms with Gasteiger partial charge in [0.15, 0.2) is 0 Å². The van der Waals surface area contributed by atoms with Crippen molar-refractivity contribution in [1.29, 1.82) is 0 Å². The molecule has 0 aliphatic carbocycles. The third-order valence-electron chi connectivity index (χ3n) is 0. The fourth-order valence-corrected chi connectivity index (χ4v) is 0. The Labute approximate surface area is 37.5 Å². The molecule has 7 heteroatoms. The van der Waals surface area contributed by atoms with E-state index in [0.717, 1.165) is 0 Å². The molecule has 0 saturated carbocycles. The highest BCUT2D eigenvalue weighted by Gasteiger charge is 1.00. The van der Waals surface area contributed by atoms with Gasteiger partial charge >= 0.3 is 0 Å². The molecule has 47 valence electrons. The monoisotopic (exact) mass is 127 g/mol. The number of hydrogen-bond acceptors (Lipinski definition) is 0. The van der Waals surface area contributed by atoms with E-state index in [1.165, 1.54) is 0 Å². The number of hydrogen-bond donors (Lipinski definition) is 0. The number of rotatable bonds is 0. The molecular formula is H2BF6. The van der Waals surface area contributed by atoms with Gasteiger partial charge in [0.25, 0.3) is 0 Å². The van der Waals surface area contributed by atoms with Crippen LogP contribution in [-0.2, 0) is 0 Å². The highest BCUT2D eigenvalue weighted by atomic mass is 20.0. The maximum absolute atomic E-state index is 8.00. The Hall–Kier alpha value is -0.355. The Bertz CT molecular complexity index is 4.14. The molecule has 0 heterocycles. The van der Waals surface area contributed by atoms with Crippen LogP contribution in [0.3, 0.4) is 0 Å². The van der Waals surface area contributed by atoms with Crippen LogP contribution in [0.4, 0.5) is 27.7 Å². The van der Waals surface area contributed by atoms with Gasteiger partial charge in [0, 0.05) is 26.7 Å². The SMILES string of the molecule is F.F.FF.FF.[B]. The van der Waals surface area contributed by atoms with Gasteiger partial charge in [0.2, 0.25) is 0 Å². The summed E-state index contributed by atoms with van der Waals surface area (Å²) < 4.78 is 32.0. The predicted molar refractivity (Wildman–Crippen MR) is 15.2 cm³/mol. The third kappa shape index (κ3) is 595. The first-order valence-corrected chi connectivity index (χ1v) is 0.286. The van der Waals surface area contributed by atoms with E-state index in [1.54, 1.807) is 0 Å². The summed E-state index contributed by atoms with van der Waals surface area (Å²) in [6.45, 7) is 0. The highest BCUT2D eigenvalue weighted by Crippen LogP contribution is 1.42. The summed E-state index contributed by atoms with van der Waals surface area (Å²) in [6.07, 6.45) is 0. The first-order valence-electron chi connectivity index (χ1n) is 0.286. The molecule has 0 aliphatic heterocycles. The van der Waals surface area contributed by atoms with Gasteiger partial charge < -0.3 is 0 Å². The molecule has 0 aliphatic rings. The van der Waals surface area contributed by atoms with Crippen LogP contribution in [0.1, 0.15) is 0 Å². The van der Waals surface area contributed by atoms with Crippen molar-refractivity contribution < 1.29 is 27.7 Å². The molecular weight excluding hydrogens is 125 g/mol. The molecule has 0 fully saturated rings. The van der Waals surface area contributed by atoms with Gasteiger partial charge in [-0.1, -0.05) is 0 Å². The van der Waals surface area contributed by atoms with Crippen LogP contribution in [0.25, 0.3) is 0 Å². The van der Waals surface area contributed by atoms with E-state index in [4.69, 9.17) is 18.3 Å². The lowest BCUT2D eigenvalue weighted by Gasteiger charge is -1.000. The van der Waals surface area contributed by atoms with Gasteiger partial charge in [0.1, 0.15) is 0 Å². The van der Waals surface area contributed by atoms with Crippen molar-refractivity contribution in [3.05, 3.63) is 0 Å². The van der Waals surface area contributed by atoms with E-state index in [0.29, 0.717) is 0 Å². The average molecular weight is 127 g/mol. The zero-order valence-corrected chi connectivity index (χ0v) is 2.91. The van der Waals surface area contributed by atoms with Gasteiger partial charge in [-0.15, -0.1) is 0 Å². The molecule has 0 atom stereocenters. The summed E-state index contributed by atoms with van der Waals surface area (Å²) >= 11 is 0. The molecule has 0 aromatic rings. The molecule has 0 aromatic carbocycles. The van der Waals surface area contributed by atoms with Gasteiger partial charge in [-0.3, -0.25) is 9.41 Å². The first-order chi connectivity index (χ1) is 2.00. The highest BCUT2D eigenvalue weighted by molar-refractivity contribution is 5.75. The van der Waals surface area contributed by atoms with Crippen molar-refractivity contribution in [3.8, 4) is 0 Å². The zero-order chi connectivity index (χ0) is 4.00. The minimum atomic E-state index is 0. The van der Waals surface area contributed by atoms with Gasteiger partial charge in [-0.25, -0.2) is 0 Å². The van der Waals surface area contributed by atoms with Gasteiger partial charge in [-0.2, -0.15) is 0 Å². The second-order valence-corrected chi connectivity index (χ2v) is 0. The van der Waals surface area contributed by atoms with E-state index < -0.39 is 0 Å². The molecule has 0 nitrogen and oxygen atoms in total. The molecule has 7 heavy (non-hydrogen) atoms. The molecule has 0 aromatic heterocycles. The van der Waals surface area contributed by atoms with Crippen molar-refractivity contribution in [2.24, 2.45) is 0 Å². The Kier molecular flexibility index (Phi) is 10800. The minimum absolute atomic E-state index is 0. The van der Waals surface area contributed by atoms with Crippen LogP contribution in [0.2, 0.25) is 0 Å². The molecule has 0 N–H and O–H groups in total. The second kappa shape index (κ2) is 966. The molecule has 0 unspecified atom stereocenters. The molecule has 0 rings (SSSR count). The summed E-state index contributed by atoms with van der Waals surface area (Å²) in [4.78, 5) is 0. The predicted octanol–water partition coefficient (Wildman–Crippen LogP) is 1.60. The van der Waals surface area contributed by atoms with E-state index >= 15 is 0 Å². The Morgan fingerprint density at radius 2 is 0.571 bits per heavy atom. The van der Waals surface area contributed by atoms with Crippen molar-refractivity contribution in [3.63, 3.8) is 0 Å². The molecule has 0 bridgehead atoms. The van der Waals surface area contributed by atoms with Gasteiger partial charge in [-0.05, 0) is 0 Å². The standard InChI is InChI=1S/B.2F2.2FH/c;2*1-2;;/h;;;2*1H. The van der Waals surface area contributed by atoms with Crippen LogP contribution >= 0.6 is 0 Å². The number of halogens is 6. The Balaban J connectivity index is -0.00000000267. The maximum Gasteiger partial charge on any atom is 0 e. The maximum atomic E-state index is 8.00. The largest absolute Gasteiger partial charge is 0.269 e. The fourth-order valence-electron chi connectivity index (χ4n) is 0. The van der Waals surface area contributed by atoms with E-state index in [-0.39, 0.29) is 17.8 Å². The lowest BCUT2D eigenvalue weighted by atomic mass is 10.8. The zero-order valence-electron chi connectivity index (χ0n) is 2.91. The third-order valence-corrected chi connectivity index (χ3v) is 0.